The van der Waals surface area contributed by atoms with Gasteiger partial charge in [-0.15, -0.1) is 0 Å². The van der Waals surface area contributed by atoms with E-state index >= 15 is 0 Å². The van der Waals surface area contributed by atoms with Gasteiger partial charge in [0.1, 0.15) is 24.9 Å². The summed E-state index contributed by atoms with van der Waals surface area (Å²) in [6.07, 6.45) is -1.85. The van der Waals surface area contributed by atoms with Gasteiger partial charge in [0.15, 0.2) is 29.0 Å². The third-order valence-corrected chi connectivity index (χ3v) is 7.24. The summed E-state index contributed by atoms with van der Waals surface area (Å²) in [5.41, 5.74) is 2.84. The molecule has 4 aromatic rings. The second-order valence-corrected chi connectivity index (χ2v) is 11.2. The molecule has 1 aliphatic rings. The first-order chi connectivity index (χ1) is 19.2. The summed E-state index contributed by atoms with van der Waals surface area (Å²) >= 11 is 0. The normalized spacial score (nSPS) is 21.3. The van der Waals surface area contributed by atoms with Gasteiger partial charge in [-0.05, 0) is 11.1 Å². The van der Waals surface area contributed by atoms with Crippen LogP contribution < -0.4 is 5.32 Å². The lowest BCUT2D eigenvalue weighted by atomic mass is 9.91. The topological polar surface area (TPSA) is 158 Å². The van der Waals surface area contributed by atoms with Crippen LogP contribution in [0.3, 0.4) is 0 Å². The lowest BCUT2D eigenvalue weighted by Gasteiger charge is -2.20. The molecule has 2 aromatic heterocycles. The summed E-state index contributed by atoms with van der Waals surface area (Å²) in [5.74, 6) is 0.406. The fourth-order valence-electron chi connectivity index (χ4n) is 4.75. The van der Waals surface area contributed by atoms with Crippen LogP contribution in [0.1, 0.15) is 29.1 Å². The second-order valence-electron chi connectivity index (χ2n) is 9.54. The highest BCUT2D eigenvalue weighted by molar-refractivity contribution is 7.85. The molecule has 2 aromatic carbocycles. The molecule has 3 N–H and O–H groups in total. The first-order valence-corrected chi connectivity index (χ1v) is 14.5. The number of hydrogen-bond donors (Lipinski definition) is 3. The van der Waals surface area contributed by atoms with Crippen LogP contribution in [-0.2, 0) is 30.4 Å². The Labute approximate surface area is 231 Å². The molecule has 1 aliphatic heterocycles. The third kappa shape index (κ3) is 6.14. The molecule has 5 rings (SSSR count). The van der Waals surface area contributed by atoms with Crippen LogP contribution in [0.5, 0.6) is 0 Å². The molecule has 4 atom stereocenters. The van der Waals surface area contributed by atoms with E-state index in [9.17, 15) is 18.6 Å². The van der Waals surface area contributed by atoms with Gasteiger partial charge in [-0.1, -0.05) is 60.7 Å². The van der Waals surface area contributed by atoms with E-state index in [1.54, 1.807) is 0 Å². The van der Waals surface area contributed by atoms with Crippen molar-refractivity contribution in [3.8, 4) is 0 Å². The average Bonchev–Trinajstić information content (AvgIpc) is 3.49. The van der Waals surface area contributed by atoms with Crippen LogP contribution >= 0.6 is 0 Å². The van der Waals surface area contributed by atoms with Crippen LogP contribution in [0.4, 0.5) is 5.82 Å². The minimum Gasteiger partial charge on any atom is -0.387 e. The standard InChI is InChI=1S/C27H31N5O7S/c1-37-14-20-23(33)24(34)27(39-20)32-16-29-22-25(30-21(31-26(22)32)15-38-40(2,35)36)28-13-19(17-9-5-3-6-10-17)18-11-7-4-8-12-18/h3-12,16,19-20,23-24,27,33-34H,13-15H2,1-2H3,(H,28,30,31)/t20-,23-,24-,27-/m1/s1. The molecule has 0 aliphatic carbocycles. The third-order valence-electron chi connectivity index (χ3n) is 6.69. The number of benzene rings is 2. The van der Waals surface area contributed by atoms with Gasteiger partial charge in [0.2, 0.25) is 0 Å². The first-order valence-electron chi connectivity index (χ1n) is 12.7. The number of aromatic nitrogens is 4. The van der Waals surface area contributed by atoms with E-state index in [-0.39, 0.29) is 24.0 Å². The van der Waals surface area contributed by atoms with Crippen LogP contribution in [0.2, 0.25) is 0 Å². The minimum atomic E-state index is -3.76. The molecular weight excluding hydrogens is 538 g/mol. The lowest BCUT2D eigenvalue weighted by molar-refractivity contribution is -0.0580. The van der Waals surface area contributed by atoms with Crippen molar-refractivity contribution < 1.29 is 32.3 Å². The van der Waals surface area contributed by atoms with Crippen LogP contribution in [0.25, 0.3) is 11.2 Å². The van der Waals surface area contributed by atoms with E-state index in [1.165, 1.54) is 18.0 Å². The Hall–Kier alpha value is -3.46. The zero-order chi connectivity index (χ0) is 28.3. The van der Waals surface area contributed by atoms with Gasteiger partial charge in [-0.25, -0.2) is 15.0 Å². The highest BCUT2D eigenvalue weighted by Crippen LogP contribution is 2.33. The van der Waals surface area contributed by atoms with Gasteiger partial charge in [-0.2, -0.15) is 8.42 Å². The van der Waals surface area contributed by atoms with Crippen molar-refractivity contribution in [3.63, 3.8) is 0 Å². The molecule has 0 bridgehead atoms. The summed E-state index contributed by atoms with van der Waals surface area (Å²) in [6, 6.07) is 20.0. The predicted molar refractivity (Wildman–Crippen MR) is 146 cm³/mol. The molecule has 0 saturated carbocycles. The highest BCUT2D eigenvalue weighted by atomic mass is 32.2. The number of imidazole rings is 1. The summed E-state index contributed by atoms with van der Waals surface area (Å²) in [6.45, 7) is 0.117. The van der Waals surface area contributed by atoms with Crippen molar-refractivity contribution in [3.05, 3.63) is 83.9 Å². The van der Waals surface area contributed by atoms with E-state index in [0.29, 0.717) is 17.9 Å². The predicted octanol–water partition coefficient (Wildman–Crippen LogP) is 1.81. The molecule has 40 heavy (non-hydrogen) atoms. The van der Waals surface area contributed by atoms with E-state index in [0.717, 1.165) is 17.4 Å². The molecule has 212 valence electrons. The molecule has 1 saturated heterocycles. The summed E-state index contributed by atoms with van der Waals surface area (Å²) in [5, 5.41) is 24.5. The Morgan fingerprint density at radius 2 is 1.68 bits per heavy atom. The zero-order valence-electron chi connectivity index (χ0n) is 22.0. The van der Waals surface area contributed by atoms with Gasteiger partial charge in [0, 0.05) is 19.6 Å². The quantitative estimate of drug-likeness (QED) is 0.226. The van der Waals surface area contributed by atoms with Gasteiger partial charge >= 0.3 is 0 Å². The molecular formula is C27H31N5O7S. The average molecular weight is 570 g/mol. The number of fused-ring (bicyclic) bond motifs is 1. The maximum absolute atomic E-state index is 11.7. The van der Waals surface area contributed by atoms with Crippen LogP contribution in [0.15, 0.2) is 67.0 Å². The first kappa shape index (κ1) is 28.1. The maximum Gasteiger partial charge on any atom is 0.264 e. The number of methoxy groups -OCH3 is 1. The molecule has 0 amide bonds. The van der Waals surface area contributed by atoms with Crippen molar-refractivity contribution in [2.24, 2.45) is 0 Å². The van der Waals surface area contributed by atoms with Crippen LogP contribution in [0, 0.1) is 0 Å². The molecule has 3 heterocycles. The lowest BCUT2D eigenvalue weighted by Crippen LogP contribution is -2.33. The fraction of sp³-hybridized carbons (Fsp3) is 0.370. The van der Waals surface area contributed by atoms with Crippen LogP contribution in [-0.4, -0.2) is 83.0 Å². The Morgan fingerprint density at radius 1 is 1.02 bits per heavy atom. The Balaban J connectivity index is 1.51. The molecule has 13 heteroatoms. The van der Waals surface area contributed by atoms with E-state index in [4.69, 9.17) is 13.7 Å². The number of anilines is 1. The van der Waals surface area contributed by atoms with Crippen molar-refractivity contribution in [1.82, 2.24) is 19.5 Å². The van der Waals surface area contributed by atoms with Crippen molar-refractivity contribution >= 4 is 27.1 Å². The Morgan fingerprint density at radius 3 is 2.27 bits per heavy atom. The van der Waals surface area contributed by atoms with E-state index in [2.05, 4.69) is 44.5 Å². The number of hydrogen-bond acceptors (Lipinski definition) is 11. The van der Waals surface area contributed by atoms with Crippen molar-refractivity contribution in [2.45, 2.75) is 37.1 Å². The number of rotatable bonds is 11. The van der Waals surface area contributed by atoms with Crippen molar-refractivity contribution in [2.75, 3.05) is 31.8 Å². The Kier molecular flexibility index (Phi) is 8.40. The van der Waals surface area contributed by atoms with Crippen molar-refractivity contribution in [1.29, 1.82) is 0 Å². The SMILES string of the molecule is COC[C@H]1O[C@@H](n2cnc3c(NCC(c4ccccc4)c4ccccc4)nc(COS(C)(=O)=O)nc32)[C@H](O)[C@@H]1O. The van der Waals surface area contributed by atoms with E-state index < -0.39 is 41.3 Å². The molecule has 1 fully saturated rings. The van der Waals surface area contributed by atoms with Gasteiger partial charge in [-0.3, -0.25) is 8.75 Å². The molecule has 0 radical (unpaired) electrons. The fourth-order valence-corrected chi connectivity index (χ4v) is 5.07. The molecule has 0 unspecified atom stereocenters. The maximum atomic E-state index is 11.7. The number of nitrogens with zero attached hydrogens (tertiary/aromatic N) is 4. The molecule has 12 nitrogen and oxygen atoms in total. The summed E-state index contributed by atoms with van der Waals surface area (Å²) in [4.78, 5) is 13.5. The monoisotopic (exact) mass is 569 g/mol. The number of ether oxygens (including phenoxy) is 2. The number of aliphatic hydroxyl groups excluding tert-OH is 2. The molecule has 0 spiro atoms. The largest absolute Gasteiger partial charge is 0.387 e. The van der Waals surface area contributed by atoms with Gasteiger partial charge in [0.25, 0.3) is 10.1 Å². The minimum absolute atomic E-state index is 0.0323. The highest BCUT2D eigenvalue weighted by Gasteiger charge is 2.44. The smallest absolute Gasteiger partial charge is 0.264 e. The number of aliphatic hydroxyl groups is 2. The van der Waals surface area contributed by atoms with Gasteiger partial charge < -0.3 is 25.0 Å². The second kappa shape index (κ2) is 12.0. The summed E-state index contributed by atoms with van der Waals surface area (Å²) in [7, 11) is -2.29. The zero-order valence-corrected chi connectivity index (χ0v) is 22.8. The van der Waals surface area contributed by atoms with Gasteiger partial charge in [0.05, 0.1) is 19.2 Å². The van der Waals surface area contributed by atoms with E-state index in [1.807, 2.05) is 36.4 Å². The Bertz CT molecular complexity index is 1500. The summed E-state index contributed by atoms with van der Waals surface area (Å²) < 4.78 is 40.8. The number of nitrogens with one attached hydrogen (secondary N) is 1.